The van der Waals surface area contributed by atoms with E-state index in [1.165, 1.54) is 19.2 Å². The normalized spacial score (nSPS) is 15.9. The van der Waals surface area contributed by atoms with E-state index >= 15 is 0 Å². The molecule has 0 fully saturated rings. The molecule has 8 heteroatoms. The number of hydrogen-bond donors (Lipinski definition) is 0. The number of hydrogen-bond acceptors (Lipinski definition) is 6. The molecule has 0 amide bonds. The van der Waals surface area contributed by atoms with Gasteiger partial charge in [0, 0.05) is 5.56 Å². The van der Waals surface area contributed by atoms with Crippen molar-refractivity contribution in [2.24, 2.45) is 0 Å². The monoisotopic (exact) mass is 392 g/mol. The highest BCUT2D eigenvalue weighted by Gasteiger charge is 2.26. The quantitative estimate of drug-likeness (QED) is 0.522. The van der Waals surface area contributed by atoms with Crippen molar-refractivity contribution in [1.82, 2.24) is 19.7 Å². The second kappa shape index (κ2) is 7.14. The predicted octanol–water partition coefficient (Wildman–Crippen LogP) is 4.02. The van der Waals surface area contributed by atoms with Crippen molar-refractivity contribution in [3.05, 3.63) is 71.9 Å². The fourth-order valence-electron chi connectivity index (χ4n) is 3.42. The first-order valence-corrected chi connectivity index (χ1v) is 9.11. The van der Waals surface area contributed by atoms with Crippen LogP contribution in [-0.2, 0) is 17.9 Å². The molecule has 146 valence electrons. The third-order valence-corrected chi connectivity index (χ3v) is 4.94. The Morgan fingerprint density at radius 2 is 2.03 bits per heavy atom. The van der Waals surface area contributed by atoms with Gasteiger partial charge < -0.3 is 18.6 Å². The van der Waals surface area contributed by atoms with Crippen LogP contribution in [0.15, 0.2) is 59.4 Å². The Hall–Kier alpha value is -3.52. The lowest BCUT2D eigenvalue weighted by molar-refractivity contribution is 0.00330. The highest BCUT2D eigenvalue weighted by atomic mass is 19.1. The second-order valence-corrected chi connectivity index (χ2v) is 6.68. The van der Waals surface area contributed by atoms with Gasteiger partial charge in [0.1, 0.15) is 6.10 Å². The number of imidazole rings is 1. The van der Waals surface area contributed by atoms with Crippen LogP contribution in [0.4, 0.5) is 4.39 Å². The summed E-state index contributed by atoms with van der Waals surface area (Å²) in [6.45, 7) is 1.03. The van der Waals surface area contributed by atoms with E-state index in [-0.39, 0.29) is 23.6 Å². The molecule has 0 bridgehead atoms. The first-order valence-electron chi connectivity index (χ1n) is 9.11. The minimum atomic E-state index is -0.490. The Morgan fingerprint density at radius 1 is 1.17 bits per heavy atom. The van der Waals surface area contributed by atoms with Crippen molar-refractivity contribution in [2.75, 3.05) is 7.11 Å². The van der Waals surface area contributed by atoms with E-state index in [4.69, 9.17) is 14.0 Å². The third-order valence-electron chi connectivity index (χ3n) is 4.94. The van der Waals surface area contributed by atoms with Gasteiger partial charge >= 0.3 is 0 Å². The molecule has 1 unspecified atom stereocenters. The molecular weight excluding hydrogens is 375 g/mol. The second-order valence-electron chi connectivity index (χ2n) is 6.68. The molecule has 1 atom stereocenters. The van der Waals surface area contributed by atoms with Gasteiger partial charge in [-0.3, -0.25) is 0 Å². The van der Waals surface area contributed by atoms with E-state index in [1.807, 2.05) is 34.9 Å². The molecule has 0 N–H and O–H groups in total. The highest BCUT2D eigenvalue weighted by molar-refractivity contribution is 5.60. The number of halogens is 1. The predicted molar refractivity (Wildman–Crippen MR) is 101 cm³/mol. The zero-order valence-corrected chi connectivity index (χ0v) is 15.6. The highest BCUT2D eigenvalue weighted by Crippen LogP contribution is 2.32. The molecule has 2 aromatic heterocycles. The van der Waals surface area contributed by atoms with Crippen LogP contribution in [-0.4, -0.2) is 26.8 Å². The van der Waals surface area contributed by atoms with Gasteiger partial charge in [-0.15, -0.1) is 0 Å². The lowest BCUT2D eigenvalue weighted by Gasteiger charge is -2.25. The molecule has 5 rings (SSSR count). The van der Waals surface area contributed by atoms with Crippen LogP contribution in [0.5, 0.6) is 5.75 Å². The number of methoxy groups -OCH3 is 1. The third kappa shape index (κ3) is 3.17. The summed E-state index contributed by atoms with van der Waals surface area (Å²) in [6, 6.07) is 14.6. The number of rotatable bonds is 4. The Labute approximate surface area is 165 Å². The van der Waals surface area contributed by atoms with Crippen LogP contribution in [0.3, 0.4) is 0 Å². The molecule has 7 nitrogen and oxygen atoms in total. The Kier molecular flexibility index (Phi) is 4.33. The van der Waals surface area contributed by atoms with Gasteiger partial charge in [0.25, 0.3) is 5.89 Å². The van der Waals surface area contributed by atoms with Crippen molar-refractivity contribution in [3.8, 4) is 28.7 Å². The van der Waals surface area contributed by atoms with Crippen LogP contribution in [0, 0.1) is 5.82 Å². The van der Waals surface area contributed by atoms with Crippen molar-refractivity contribution in [3.63, 3.8) is 0 Å². The topological polar surface area (TPSA) is 75.2 Å². The van der Waals surface area contributed by atoms with Crippen molar-refractivity contribution in [2.45, 2.75) is 19.3 Å². The molecule has 0 saturated carbocycles. The molecule has 0 spiro atoms. The molecule has 3 heterocycles. The fourth-order valence-corrected chi connectivity index (χ4v) is 3.42. The lowest BCUT2D eigenvalue weighted by Crippen LogP contribution is -2.20. The molecule has 4 aromatic rings. The van der Waals surface area contributed by atoms with Crippen LogP contribution >= 0.6 is 0 Å². The van der Waals surface area contributed by atoms with E-state index in [9.17, 15) is 4.39 Å². The van der Waals surface area contributed by atoms with Gasteiger partial charge in [0.15, 0.2) is 17.3 Å². The number of fused-ring (bicyclic) bond motifs is 1. The Morgan fingerprint density at radius 3 is 2.83 bits per heavy atom. The fraction of sp³-hybridized carbons (Fsp3) is 0.190. The van der Waals surface area contributed by atoms with Crippen molar-refractivity contribution >= 4 is 0 Å². The van der Waals surface area contributed by atoms with E-state index in [0.717, 1.165) is 11.3 Å². The van der Waals surface area contributed by atoms with Gasteiger partial charge in [0.05, 0.1) is 32.3 Å². The average molecular weight is 392 g/mol. The van der Waals surface area contributed by atoms with Crippen LogP contribution < -0.4 is 4.74 Å². The van der Waals surface area contributed by atoms with Crippen LogP contribution in [0.1, 0.15) is 17.4 Å². The maximum absolute atomic E-state index is 14.0. The van der Waals surface area contributed by atoms with Gasteiger partial charge in [0.2, 0.25) is 5.82 Å². The lowest BCUT2D eigenvalue weighted by atomic mass is 10.1. The molecular formula is C21H17FN4O3. The standard InChI is InChI=1S/C21H17FN4O3/c1-27-17-8-7-14(9-15(17)22)20-24-21(29-25-20)19-16-11-28-18(10-26(16)12-23-19)13-5-3-2-4-6-13/h2-9,12,18H,10-11H2,1H3. The molecule has 0 radical (unpaired) electrons. The van der Waals surface area contributed by atoms with E-state index in [2.05, 4.69) is 15.1 Å². The van der Waals surface area contributed by atoms with Gasteiger partial charge in [-0.25, -0.2) is 9.37 Å². The summed E-state index contributed by atoms with van der Waals surface area (Å²) >= 11 is 0. The smallest absolute Gasteiger partial charge is 0.278 e. The minimum absolute atomic E-state index is 0.0359. The molecule has 2 aromatic carbocycles. The summed E-state index contributed by atoms with van der Waals surface area (Å²) in [5.74, 6) is 0.218. The maximum Gasteiger partial charge on any atom is 0.278 e. The zero-order valence-electron chi connectivity index (χ0n) is 15.6. The minimum Gasteiger partial charge on any atom is -0.494 e. The van der Waals surface area contributed by atoms with E-state index in [0.29, 0.717) is 24.4 Å². The Bertz CT molecular complexity index is 1160. The SMILES string of the molecule is COc1ccc(-c2noc(-c3ncn4c3COC(c3ccccc3)C4)n2)cc1F. The molecule has 29 heavy (non-hydrogen) atoms. The molecule has 1 aliphatic rings. The van der Waals surface area contributed by atoms with Gasteiger partial charge in [-0.2, -0.15) is 4.98 Å². The van der Waals surface area contributed by atoms with E-state index < -0.39 is 5.82 Å². The summed E-state index contributed by atoms with van der Waals surface area (Å²) in [4.78, 5) is 8.83. The largest absolute Gasteiger partial charge is 0.494 e. The van der Waals surface area contributed by atoms with Gasteiger partial charge in [-0.1, -0.05) is 35.5 Å². The summed E-state index contributed by atoms with van der Waals surface area (Å²) in [6.07, 6.45) is 1.71. The molecule has 0 aliphatic carbocycles. The summed E-state index contributed by atoms with van der Waals surface area (Å²) in [7, 11) is 1.41. The first-order chi connectivity index (χ1) is 14.2. The van der Waals surface area contributed by atoms with Crippen molar-refractivity contribution in [1.29, 1.82) is 0 Å². The zero-order chi connectivity index (χ0) is 19.8. The summed E-state index contributed by atoms with van der Waals surface area (Å²) in [5.41, 5.74) is 3.05. The van der Waals surface area contributed by atoms with Crippen LogP contribution in [0.2, 0.25) is 0 Å². The Balaban J connectivity index is 1.41. The average Bonchev–Trinajstić information content (AvgIpc) is 3.41. The van der Waals surface area contributed by atoms with Crippen molar-refractivity contribution < 1.29 is 18.4 Å². The summed E-state index contributed by atoms with van der Waals surface area (Å²) < 4.78 is 32.4. The number of nitrogens with zero attached hydrogens (tertiary/aromatic N) is 4. The number of aromatic nitrogens is 4. The maximum atomic E-state index is 14.0. The number of ether oxygens (including phenoxy) is 2. The van der Waals surface area contributed by atoms with E-state index in [1.54, 1.807) is 12.4 Å². The molecule has 1 aliphatic heterocycles. The molecule has 0 saturated heterocycles. The van der Waals surface area contributed by atoms with Gasteiger partial charge in [-0.05, 0) is 23.8 Å². The summed E-state index contributed by atoms with van der Waals surface area (Å²) in [5, 5.41) is 3.97. The van der Waals surface area contributed by atoms with Crippen LogP contribution in [0.25, 0.3) is 23.0 Å². The number of benzene rings is 2. The first kappa shape index (κ1) is 17.6.